The van der Waals surface area contributed by atoms with Gasteiger partial charge in [0.2, 0.25) is 5.79 Å². The van der Waals surface area contributed by atoms with Crippen LogP contribution in [0.3, 0.4) is 0 Å². The molecule has 1 saturated heterocycles. The number of benzene rings is 2. The van der Waals surface area contributed by atoms with Crippen molar-refractivity contribution >= 4 is 0 Å². The summed E-state index contributed by atoms with van der Waals surface area (Å²) in [5, 5.41) is 40.5. The molecule has 2 aromatic carbocycles. The van der Waals surface area contributed by atoms with Crippen LogP contribution in [0.1, 0.15) is 29.2 Å². The number of ether oxygens (including phenoxy) is 3. The van der Waals surface area contributed by atoms with Gasteiger partial charge in [0, 0.05) is 12.0 Å². The van der Waals surface area contributed by atoms with Gasteiger partial charge >= 0.3 is 0 Å². The van der Waals surface area contributed by atoms with Gasteiger partial charge < -0.3 is 34.6 Å². The number of hydrogen-bond donors (Lipinski definition) is 4. The van der Waals surface area contributed by atoms with Gasteiger partial charge in [-0.2, -0.15) is 0 Å². The second-order valence-electron chi connectivity index (χ2n) is 7.58. The molecule has 0 radical (unpaired) electrons. The van der Waals surface area contributed by atoms with E-state index in [2.05, 4.69) is 0 Å². The molecule has 30 heavy (non-hydrogen) atoms. The molecule has 1 fully saturated rings. The van der Waals surface area contributed by atoms with E-state index in [1.54, 1.807) is 6.07 Å². The molecule has 0 aromatic heterocycles. The summed E-state index contributed by atoms with van der Waals surface area (Å²) < 4.78 is 31.6. The van der Waals surface area contributed by atoms with Crippen molar-refractivity contribution in [2.75, 3.05) is 13.2 Å². The van der Waals surface area contributed by atoms with E-state index < -0.39 is 42.6 Å². The third kappa shape index (κ3) is 3.49. The maximum Gasteiger partial charge on any atom is 0.225 e. The Balaban J connectivity index is 1.67. The number of aliphatic hydroxyl groups excluding tert-OH is 4. The lowest BCUT2D eigenvalue weighted by molar-refractivity contribution is -0.368. The van der Waals surface area contributed by atoms with Crippen molar-refractivity contribution in [3.63, 3.8) is 0 Å². The fourth-order valence-electron chi connectivity index (χ4n) is 4.07. The molecule has 2 aliphatic rings. The van der Waals surface area contributed by atoms with Crippen LogP contribution in [0.4, 0.5) is 4.39 Å². The number of hydrogen-bond acceptors (Lipinski definition) is 7. The van der Waals surface area contributed by atoms with Crippen molar-refractivity contribution in [1.29, 1.82) is 0 Å². The highest BCUT2D eigenvalue weighted by atomic mass is 19.1. The summed E-state index contributed by atoms with van der Waals surface area (Å²) in [6.07, 6.45) is -5.56. The van der Waals surface area contributed by atoms with E-state index in [4.69, 9.17) is 14.2 Å². The maximum atomic E-state index is 14.8. The summed E-state index contributed by atoms with van der Waals surface area (Å²) >= 11 is 0. The number of halogens is 1. The van der Waals surface area contributed by atoms with Crippen LogP contribution < -0.4 is 4.74 Å². The Hall–Kier alpha value is -2.07. The predicted octanol–water partition coefficient (Wildman–Crippen LogP) is 0.972. The Labute approximate surface area is 173 Å². The van der Waals surface area contributed by atoms with Crippen LogP contribution in [-0.4, -0.2) is 58.1 Å². The smallest absolute Gasteiger partial charge is 0.225 e. The highest BCUT2D eigenvalue weighted by molar-refractivity contribution is 5.42. The SMILES string of the molecule is CCOc1ccc(Cc2cc3c(cc2F)CO[C@]32O[C@H](CO)[C@@H](O)[C@H](O)[C@H]2O)cc1. The van der Waals surface area contributed by atoms with Crippen molar-refractivity contribution in [3.8, 4) is 5.75 Å². The second kappa shape index (κ2) is 8.22. The summed E-state index contributed by atoms with van der Waals surface area (Å²) in [5.74, 6) is -1.49. The number of aliphatic hydroxyl groups is 4. The first kappa shape index (κ1) is 21.2. The topological polar surface area (TPSA) is 109 Å². The van der Waals surface area contributed by atoms with E-state index in [0.29, 0.717) is 23.3 Å². The van der Waals surface area contributed by atoms with Gasteiger partial charge in [-0.15, -0.1) is 0 Å². The standard InChI is InChI=1S/C22H25FO7/c1-2-28-15-5-3-12(4-6-15)7-13-8-16-14(9-17(13)23)11-29-22(16)21(27)20(26)19(25)18(10-24)30-22/h3-6,8-9,18-21,24-27H,2,7,10-11H2,1H3/t18-,19-,20+,21-,22+/m1/s1. The van der Waals surface area contributed by atoms with Crippen molar-refractivity contribution < 1.29 is 39.0 Å². The second-order valence-corrected chi connectivity index (χ2v) is 7.58. The molecule has 0 aliphatic carbocycles. The van der Waals surface area contributed by atoms with Gasteiger partial charge in [-0.3, -0.25) is 0 Å². The molecule has 8 heteroatoms. The van der Waals surface area contributed by atoms with E-state index in [9.17, 15) is 24.8 Å². The fraction of sp³-hybridized carbons (Fsp3) is 0.455. The van der Waals surface area contributed by atoms with Gasteiger partial charge in [0.05, 0.1) is 19.8 Å². The zero-order valence-electron chi connectivity index (χ0n) is 16.5. The molecule has 2 aliphatic heterocycles. The van der Waals surface area contributed by atoms with E-state index >= 15 is 0 Å². The normalized spacial score (nSPS) is 30.5. The van der Waals surface area contributed by atoms with Crippen LogP contribution in [0.5, 0.6) is 5.75 Å². The zero-order valence-corrected chi connectivity index (χ0v) is 16.5. The molecule has 0 bridgehead atoms. The number of fused-ring (bicyclic) bond motifs is 2. The molecule has 7 nitrogen and oxygen atoms in total. The third-order valence-corrected chi connectivity index (χ3v) is 5.67. The van der Waals surface area contributed by atoms with Gasteiger partial charge in [-0.25, -0.2) is 4.39 Å². The minimum Gasteiger partial charge on any atom is -0.494 e. The van der Waals surface area contributed by atoms with Crippen molar-refractivity contribution in [2.45, 2.75) is 50.2 Å². The summed E-state index contributed by atoms with van der Waals surface area (Å²) in [6, 6.07) is 10.2. The minimum atomic E-state index is -1.79. The Bertz CT molecular complexity index is 901. The molecule has 162 valence electrons. The number of rotatable bonds is 5. The van der Waals surface area contributed by atoms with Crippen LogP contribution >= 0.6 is 0 Å². The van der Waals surface area contributed by atoms with Crippen LogP contribution in [0.2, 0.25) is 0 Å². The Morgan fingerprint density at radius 2 is 1.87 bits per heavy atom. The summed E-state index contributed by atoms with van der Waals surface area (Å²) in [4.78, 5) is 0. The van der Waals surface area contributed by atoms with E-state index in [1.165, 1.54) is 6.07 Å². The van der Waals surface area contributed by atoms with E-state index in [-0.39, 0.29) is 13.0 Å². The quantitative estimate of drug-likeness (QED) is 0.571. The lowest BCUT2D eigenvalue weighted by Crippen LogP contribution is -2.63. The third-order valence-electron chi connectivity index (χ3n) is 5.67. The van der Waals surface area contributed by atoms with Gasteiger partial charge in [-0.1, -0.05) is 12.1 Å². The monoisotopic (exact) mass is 420 g/mol. The molecule has 4 rings (SSSR count). The van der Waals surface area contributed by atoms with Crippen LogP contribution in [-0.2, 0) is 28.3 Å². The van der Waals surface area contributed by atoms with Crippen molar-refractivity contribution in [1.82, 2.24) is 0 Å². The molecule has 4 N–H and O–H groups in total. The Kier molecular flexibility index (Phi) is 5.80. The van der Waals surface area contributed by atoms with Crippen molar-refractivity contribution in [2.24, 2.45) is 0 Å². The lowest BCUT2D eigenvalue weighted by atomic mass is 9.86. The highest BCUT2D eigenvalue weighted by Gasteiger charge is 2.58. The molecule has 0 amide bonds. The predicted molar refractivity (Wildman–Crippen MR) is 103 cm³/mol. The largest absolute Gasteiger partial charge is 0.494 e. The van der Waals surface area contributed by atoms with Crippen LogP contribution in [0, 0.1) is 5.82 Å². The van der Waals surface area contributed by atoms with E-state index in [1.807, 2.05) is 31.2 Å². The molecular formula is C22H25FO7. The van der Waals surface area contributed by atoms with Gasteiger partial charge in [0.15, 0.2) is 0 Å². The Morgan fingerprint density at radius 3 is 2.53 bits per heavy atom. The summed E-state index contributed by atoms with van der Waals surface area (Å²) in [5.41, 5.74) is 2.07. The van der Waals surface area contributed by atoms with Crippen molar-refractivity contribution in [3.05, 3.63) is 64.5 Å². The summed E-state index contributed by atoms with van der Waals surface area (Å²) in [6.45, 7) is 1.84. The van der Waals surface area contributed by atoms with Gasteiger partial charge in [0.25, 0.3) is 0 Å². The average Bonchev–Trinajstić information content (AvgIpc) is 3.09. The maximum absolute atomic E-state index is 14.8. The molecule has 1 spiro atoms. The van der Waals surface area contributed by atoms with E-state index in [0.717, 1.165) is 11.3 Å². The Morgan fingerprint density at radius 1 is 1.13 bits per heavy atom. The first-order chi connectivity index (χ1) is 14.4. The molecule has 0 saturated carbocycles. The molecule has 2 heterocycles. The minimum absolute atomic E-state index is 0.0341. The fourth-order valence-corrected chi connectivity index (χ4v) is 4.07. The van der Waals surface area contributed by atoms with Crippen LogP contribution in [0.25, 0.3) is 0 Å². The average molecular weight is 420 g/mol. The first-order valence-corrected chi connectivity index (χ1v) is 9.90. The van der Waals surface area contributed by atoms with Gasteiger partial charge in [0.1, 0.15) is 36.0 Å². The zero-order chi connectivity index (χ0) is 21.5. The molecular weight excluding hydrogens is 395 g/mol. The van der Waals surface area contributed by atoms with Crippen LogP contribution in [0.15, 0.2) is 36.4 Å². The highest BCUT2D eigenvalue weighted by Crippen LogP contribution is 2.46. The van der Waals surface area contributed by atoms with Gasteiger partial charge in [-0.05, 0) is 47.9 Å². The molecule has 2 aromatic rings. The summed E-state index contributed by atoms with van der Waals surface area (Å²) in [7, 11) is 0. The molecule has 0 unspecified atom stereocenters. The molecule has 5 atom stereocenters. The first-order valence-electron chi connectivity index (χ1n) is 9.90. The lowest BCUT2D eigenvalue weighted by Gasteiger charge is -2.46.